The fourth-order valence-corrected chi connectivity index (χ4v) is 4.22. The van der Waals surface area contributed by atoms with E-state index in [4.69, 9.17) is 0 Å². The number of carbonyl (C=O) groups is 1. The third-order valence-electron chi connectivity index (χ3n) is 5.70. The van der Waals surface area contributed by atoms with Crippen LogP contribution >= 0.6 is 0 Å². The Morgan fingerprint density at radius 1 is 1.04 bits per heavy atom. The van der Waals surface area contributed by atoms with E-state index < -0.39 is 0 Å². The molecule has 1 saturated heterocycles. The maximum absolute atomic E-state index is 12.6. The average Bonchev–Trinajstić information content (AvgIpc) is 3.10. The first-order valence-electron chi connectivity index (χ1n) is 9.36. The second-order valence-corrected chi connectivity index (χ2v) is 7.38. The number of likely N-dealkylation sites (tertiary alicyclic amines) is 1. The zero-order chi connectivity index (χ0) is 17.2. The quantitative estimate of drug-likeness (QED) is 0.859. The Labute approximate surface area is 149 Å². The molecule has 25 heavy (non-hydrogen) atoms. The third-order valence-corrected chi connectivity index (χ3v) is 5.70. The minimum atomic E-state index is 0.132. The average molecular weight is 335 g/mol. The minimum absolute atomic E-state index is 0.132. The highest BCUT2D eigenvalue weighted by Crippen LogP contribution is 2.31. The molecule has 1 N–H and O–H groups in total. The van der Waals surface area contributed by atoms with Crippen LogP contribution in [0, 0.1) is 5.92 Å². The lowest BCUT2D eigenvalue weighted by Crippen LogP contribution is -2.36. The smallest absolute Gasteiger partial charge is 0.166 e. The summed E-state index contributed by atoms with van der Waals surface area (Å²) in [5.74, 6) is 0.844. The maximum atomic E-state index is 12.6. The van der Waals surface area contributed by atoms with Crippen molar-refractivity contribution in [2.75, 3.05) is 13.1 Å². The van der Waals surface area contributed by atoms with Crippen LogP contribution < -0.4 is 0 Å². The Morgan fingerprint density at radius 2 is 1.72 bits per heavy atom. The monoisotopic (exact) mass is 335 g/mol. The van der Waals surface area contributed by atoms with Crippen molar-refractivity contribution in [1.29, 1.82) is 0 Å². The molecule has 0 amide bonds. The van der Waals surface area contributed by atoms with E-state index in [1.54, 1.807) is 0 Å². The number of phenolic OH excluding ortho intramolecular Hbond substituents is 1. The number of carbonyl (C=O) groups excluding carboxylic acids is 1. The van der Waals surface area contributed by atoms with Crippen molar-refractivity contribution in [2.45, 2.75) is 38.6 Å². The lowest BCUT2D eigenvalue weighted by Gasteiger charge is -2.31. The number of aromatic hydroxyl groups is 1. The number of aryl methyl sites for hydroxylation is 2. The van der Waals surface area contributed by atoms with Gasteiger partial charge >= 0.3 is 0 Å². The van der Waals surface area contributed by atoms with Crippen LogP contribution in [-0.4, -0.2) is 28.9 Å². The third kappa shape index (κ3) is 3.47. The number of ketones is 1. The van der Waals surface area contributed by atoms with Gasteiger partial charge in [-0.2, -0.15) is 0 Å². The summed E-state index contributed by atoms with van der Waals surface area (Å²) in [7, 11) is 0. The summed E-state index contributed by atoms with van der Waals surface area (Å²) in [5.41, 5.74) is 4.58. The predicted octanol–water partition coefficient (Wildman–Crippen LogP) is 3.98. The fourth-order valence-electron chi connectivity index (χ4n) is 4.22. The van der Waals surface area contributed by atoms with Gasteiger partial charge in [0.25, 0.3) is 0 Å². The van der Waals surface area contributed by atoms with E-state index in [9.17, 15) is 9.90 Å². The molecule has 2 aromatic carbocycles. The molecule has 1 fully saturated rings. The largest absolute Gasteiger partial charge is 0.508 e. The van der Waals surface area contributed by atoms with Crippen LogP contribution in [0.4, 0.5) is 0 Å². The molecule has 4 rings (SSSR count). The van der Waals surface area contributed by atoms with Gasteiger partial charge in [-0.3, -0.25) is 9.69 Å². The van der Waals surface area contributed by atoms with Crippen molar-refractivity contribution < 1.29 is 9.90 Å². The fraction of sp³-hybridized carbons (Fsp3) is 0.409. The van der Waals surface area contributed by atoms with Crippen LogP contribution in [0.2, 0.25) is 0 Å². The predicted molar refractivity (Wildman–Crippen MR) is 98.9 cm³/mol. The molecule has 1 heterocycles. The summed E-state index contributed by atoms with van der Waals surface area (Å²) >= 11 is 0. The second-order valence-electron chi connectivity index (χ2n) is 7.38. The zero-order valence-corrected chi connectivity index (χ0v) is 14.6. The number of piperidine rings is 1. The lowest BCUT2D eigenvalue weighted by molar-refractivity contribution is 0.0834. The number of phenols is 1. The van der Waals surface area contributed by atoms with E-state index in [0.29, 0.717) is 5.75 Å². The number of fused-ring (bicyclic) bond motifs is 1. The number of hydrogen-bond donors (Lipinski definition) is 1. The highest BCUT2D eigenvalue weighted by atomic mass is 16.3. The molecule has 0 radical (unpaired) electrons. The molecule has 3 nitrogen and oxygen atoms in total. The molecule has 0 aromatic heterocycles. The summed E-state index contributed by atoms with van der Waals surface area (Å²) in [6.07, 6.45) is 5.23. The Hall–Kier alpha value is -2.13. The second kappa shape index (κ2) is 7.01. The van der Waals surface area contributed by atoms with Gasteiger partial charge in [0.15, 0.2) is 5.78 Å². The van der Waals surface area contributed by atoms with Crippen molar-refractivity contribution in [3.05, 3.63) is 64.7 Å². The van der Waals surface area contributed by atoms with Gasteiger partial charge in [0.2, 0.25) is 0 Å². The number of nitrogens with zero attached hydrogens (tertiary/aromatic N) is 1. The van der Waals surface area contributed by atoms with Crippen molar-refractivity contribution in [2.24, 2.45) is 5.92 Å². The van der Waals surface area contributed by atoms with Gasteiger partial charge in [-0.25, -0.2) is 0 Å². The number of benzene rings is 2. The van der Waals surface area contributed by atoms with Crippen molar-refractivity contribution in [3.8, 4) is 5.75 Å². The zero-order valence-electron chi connectivity index (χ0n) is 14.6. The van der Waals surface area contributed by atoms with E-state index >= 15 is 0 Å². The SMILES string of the molecule is O=C(c1ccccc1)C1CCN(Cc2cc3c(cc2O)CCC3)CC1. The topological polar surface area (TPSA) is 40.5 Å². The van der Waals surface area contributed by atoms with Crippen molar-refractivity contribution >= 4 is 5.78 Å². The van der Waals surface area contributed by atoms with Crippen LogP contribution in [0.25, 0.3) is 0 Å². The molecule has 0 bridgehead atoms. The van der Waals surface area contributed by atoms with Gasteiger partial charge < -0.3 is 5.11 Å². The standard InChI is InChI=1S/C22H25NO2/c24-21-14-19-8-4-7-18(19)13-20(21)15-23-11-9-17(10-12-23)22(25)16-5-2-1-3-6-16/h1-3,5-6,13-14,17,24H,4,7-12,15H2. The maximum Gasteiger partial charge on any atom is 0.166 e. The molecule has 1 aliphatic carbocycles. The number of Topliss-reactive ketones (excluding diaryl/α,β-unsaturated/α-hetero) is 1. The number of rotatable bonds is 4. The first-order valence-corrected chi connectivity index (χ1v) is 9.36. The van der Waals surface area contributed by atoms with E-state index in [0.717, 1.165) is 56.4 Å². The molecular weight excluding hydrogens is 310 g/mol. The van der Waals surface area contributed by atoms with Gasteiger partial charge in [0.1, 0.15) is 5.75 Å². The van der Waals surface area contributed by atoms with E-state index in [-0.39, 0.29) is 11.7 Å². The van der Waals surface area contributed by atoms with E-state index in [1.807, 2.05) is 36.4 Å². The van der Waals surface area contributed by atoms with Gasteiger partial charge in [-0.15, -0.1) is 0 Å². The highest BCUT2D eigenvalue weighted by Gasteiger charge is 2.26. The Kier molecular flexibility index (Phi) is 4.58. The number of hydrogen-bond acceptors (Lipinski definition) is 3. The van der Waals surface area contributed by atoms with Crippen molar-refractivity contribution in [1.82, 2.24) is 4.90 Å². The molecule has 3 heteroatoms. The molecule has 0 atom stereocenters. The van der Waals surface area contributed by atoms with Gasteiger partial charge in [0, 0.05) is 23.6 Å². The summed E-state index contributed by atoms with van der Waals surface area (Å²) in [6, 6.07) is 13.8. The summed E-state index contributed by atoms with van der Waals surface area (Å²) in [5, 5.41) is 10.3. The summed E-state index contributed by atoms with van der Waals surface area (Å²) in [6.45, 7) is 2.62. The Balaban J connectivity index is 1.37. The van der Waals surface area contributed by atoms with E-state index in [1.165, 1.54) is 17.5 Å². The molecular formula is C22H25NO2. The van der Waals surface area contributed by atoms with Crippen LogP contribution in [0.3, 0.4) is 0 Å². The summed E-state index contributed by atoms with van der Waals surface area (Å²) in [4.78, 5) is 15.0. The van der Waals surface area contributed by atoms with Gasteiger partial charge in [0.05, 0.1) is 0 Å². The van der Waals surface area contributed by atoms with Crippen LogP contribution in [0.1, 0.15) is 46.3 Å². The molecule has 0 unspecified atom stereocenters. The Bertz CT molecular complexity index is 761. The first-order chi connectivity index (χ1) is 12.2. The summed E-state index contributed by atoms with van der Waals surface area (Å²) < 4.78 is 0. The molecule has 2 aliphatic rings. The Morgan fingerprint density at radius 3 is 2.44 bits per heavy atom. The molecule has 0 spiro atoms. The van der Waals surface area contributed by atoms with Crippen molar-refractivity contribution in [3.63, 3.8) is 0 Å². The van der Waals surface area contributed by atoms with Crippen LogP contribution in [-0.2, 0) is 19.4 Å². The minimum Gasteiger partial charge on any atom is -0.508 e. The molecule has 2 aromatic rings. The first kappa shape index (κ1) is 16.3. The van der Waals surface area contributed by atoms with E-state index in [2.05, 4.69) is 11.0 Å². The molecule has 130 valence electrons. The van der Waals surface area contributed by atoms with Crippen LogP contribution in [0.5, 0.6) is 5.75 Å². The van der Waals surface area contributed by atoms with Gasteiger partial charge in [-0.05, 0) is 62.4 Å². The van der Waals surface area contributed by atoms with Crippen LogP contribution in [0.15, 0.2) is 42.5 Å². The highest BCUT2D eigenvalue weighted by molar-refractivity contribution is 5.97. The van der Waals surface area contributed by atoms with Gasteiger partial charge in [-0.1, -0.05) is 36.4 Å². The molecule has 0 saturated carbocycles. The molecule has 1 aliphatic heterocycles. The normalized spacial score (nSPS) is 18.2. The lowest BCUT2D eigenvalue weighted by atomic mass is 9.88.